The van der Waals surface area contributed by atoms with Crippen LogP contribution in [0, 0.1) is 0 Å². The highest BCUT2D eigenvalue weighted by molar-refractivity contribution is 5.91. The average molecular weight is 184 g/mol. The van der Waals surface area contributed by atoms with Crippen LogP contribution in [0.5, 0.6) is 0 Å². The SMILES string of the molecule is O=C(NC1CNC1)C1=COCCO1. The topological polar surface area (TPSA) is 59.6 Å². The van der Waals surface area contributed by atoms with Gasteiger partial charge in [0.2, 0.25) is 5.76 Å². The Morgan fingerprint density at radius 1 is 1.54 bits per heavy atom. The van der Waals surface area contributed by atoms with E-state index in [9.17, 15) is 4.79 Å². The minimum Gasteiger partial charge on any atom is -0.494 e. The second kappa shape index (κ2) is 3.66. The molecule has 0 aliphatic carbocycles. The van der Waals surface area contributed by atoms with Gasteiger partial charge < -0.3 is 20.1 Å². The Hall–Kier alpha value is -1.23. The van der Waals surface area contributed by atoms with Crippen LogP contribution < -0.4 is 10.6 Å². The van der Waals surface area contributed by atoms with Crippen LogP contribution in [0.25, 0.3) is 0 Å². The van der Waals surface area contributed by atoms with Gasteiger partial charge in [0.05, 0.1) is 6.04 Å². The Morgan fingerprint density at radius 3 is 2.92 bits per heavy atom. The Labute approximate surface area is 76.1 Å². The molecule has 1 amide bonds. The van der Waals surface area contributed by atoms with Gasteiger partial charge in [-0.05, 0) is 0 Å². The van der Waals surface area contributed by atoms with Crippen molar-refractivity contribution in [1.29, 1.82) is 0 Å². The first-order valence-electron chi connectivity index (χ1n) is 4.32. The molecule has 0 bridgehead atoms. The fourth-order valence-electron chi connectivity index (χ4n) is 1.13. The lowest BCUT2D eigenvalue weighted by Gasteiger charge is -2.28. The highest BCUT2D eigenvalue weighted by Gasteiger charge is 2.22. The number of carbonyl (C=O) groups excluding carboxylic acids is 1. The number of hydrogen-bond donors (Lipinski definition) is 2. The number of rotatable bonds is 2. The molecule has 0 radical (unpaired) electrons. The molecule has 2 heterocycles. The summed E-state index contributed by atoms with van der Waals surface area (Å²) in [4.78, 5) is 11.4. The third-order valence-corrected chi connectivity index (χ3v) is 1.99. The van der Waals surface area contributed by atoms with E-state index in [-0.39, 0.29) is 17.7 Å². The van der Waals surface area contributed by atoms with Crippen molar-refractivity contribution in [2.24, 2.45) is 0 Å². The predicted molar refractivity (Wildman–Crippen MR) is 44.8 cm³/mol. The zero-order valence-electron chi connectivity index (χ0n) is 7.21. The Morgan fingerprint density at radius 2 is 2.38 bits per heavy atom. The average Bonchev–Trinajstić information content (AvgIpc) is 2.12. The number of amides is 1. The van der Waals surface area contributed by atoms with Crippen LogP contribution in [0.4, 0.5) is 0 Å². The summed E-state index contributed by atoms with van der Waals surface area (Å²) in [6, 6.07) is 0.235. The summed E-state index contributed by atoms with van der Waals surface area (Å²) in [6.45, 7) is 2.63. The molecular formula is C8H12N2O3. The Bertz CT molecular complexity index is 236. The molecule has 0 aromatic carbocycles. The second-order valence-corrected chi connectivity index (χ2v) is 3.03. The van der Waals surface area contributed by atoms with Crippen LogP contribution >= 0.6 is 0 Å². The first-order valence-corrected chi connectivity index (χ1v) is 4.32. The number of carbonyl (C=O) groups is 1. The summed E-state index contributed by atoms with van der Waals surface area (Å²) < 4.78 is 10.1. The molecule has 2 aliphatic rings. The second-order valence-electron chi connectivity index (χ2n) is 3.03. The summed E-state index contributed by atoms with van der Waals surface area (Å²) in [5.74, 6) is 0.0874. The van der Waals surface area contributed by atoms with E-state index in [1.165, 1.54) is 6.26 Å². The molecule has 0 aromatic heterocycles. The highest BCUT2D eigenvalue weighted by atomic mass is 16.6. The molecule has 72 valence electrons. The van der Waals surface area contributed by atoms with E-state index in [1.807, 2.05) is 0 Å². The maximum Gasteiger partial charge on any atom is 0.289 e. The smallest absolute Gasteiger partial charge is 0.289 e. The van der Waals surface area contributed by atoms with Gasteiger partial charge >= 0.3 is 0 Å². The fraction of sp³-hybridized carbons (Fsp3) is 0.625. The van der Waals surface area contributed by atoms with Crippen molar-refractivity contribution >= 4 is 5.91 Å². The van der Waals surface area contributed by atoms with Crippen LogP contribution in [-0.2, 0) is 14.3 Å². The molecule has 0 atom stereocenters. The van der Waals surface area contributed by atoms with Crippen LogP contribution in [0.1, 0.15) is 0 Å². The van der Waals surface area contributed by atoms with Crippen molar-refractivity contribution < 1.29 is 14.3 Å². The Kier molecular flexibility index (Phi) is 2.35. The molecule has 1 fully saturated rings. The van der Waals surface area contributed by atoms with Gasteiger partial charge in [0.1, 0.15) is 19.5 Å². The predicted octanol–water partition coefficient (Wildman–Crippen LogP) is -1.04. The zero-order chi connectivity index (χ0) is 9.10. The minimum atomic E-state index is -0.189. The molecule has 0 saturated carbocycles. The van der Waals surface area contributed by atoms with Crippen molar-refractivity contribution in [2.75, 3.05) is 26.3 Å². The van der Waals surface area contributed by atoms with Crippen molar-refractivity contribution in [3.63, 3.8) is 0 Å². The Balaban J connectivity index is 1.84. The van der Waals surface area contributed by atoms with Crippen LogP contribution in [0.15, 0.2) is 12.0 Å². The molecule has 1 saturated heterocycles. The molecular weight excluding hydrogens is 172 g/mol. The molecule has 5 nitrogen and oxygen atoms in total. The van der Waals surface area contributed by atoms with E-state index in [2.05, 4.69) is 10.6 Å². The standard InChI is InChI=1S/C8H12N2O3/c11-8(10-6-3-9-4-6)7-5-12-1-2-13-7/h5-6,9H,1-4H2,(H,10,11). The number of nitrogens with one attached hydrogen (secondary N) is 2. The molecule has 0 spiro atoms. The molecule has 5 heteroatoms. The van der Waals surface area contributed by atoms with Crippen LogP contribution in [-0.4, -0.2) is 38.3 Å². The molecule has 2 N–H and O–H groups in total. The lowest BCUT2D eigenvalue weighted by atomic mass is 10.2. The van der Waals surface area contributed by atoms with E-state index < -0.39 is 0 Å². The van der Waals surface area contributed by atoms with E-state index in [4.69, 9.17) is 9.47 Å². The third kappa shape index (κ3) is 1.92. The molecule has 2 aliphatic heterocycles. The maximum atomic E-state index is 11.4. The molecule has 2 rings (SSSR count). The maximum absolute atomic E-state index is 11.4. The largest absolute Gasteiger partial charge is 0.494 e. The van der Waals surface area contributed by atoms with E-state index in [0.717, 1.165) is 13.1 Å². The number of hydrogen-bond acceptors (Lipinski definition) is 4. The summed E-state index contributed by atoms with van der Waals surface area (Å²) in [7, 11) is 0. The molecule has 13 heavy (non-hydrogen) atoms. The highest BCUT2D eigenvalue weighted by Crippen LogP contribution is 2.04. The van der Waals surface area contributed by atoms with Crippen molar-refractivity contribution in [3.8, 4) is 0 Å². The van der Waals surface area contributed by atoms with Gasteiger partial charge in [-0.1, -0.05) is 0 Å². The lowest BCUT2D eigenvalue weighted by molar-refractivity contribution is -0.123. The van der Waals surface area contributed by atoms with Gasteiger partial charge in [0.15, 0.2) is 0 Å². The van der Waals surface area contributed by atoms with Gasteiger partial charge in [0.25, 0.3) is 5.91 Å². The first kappa shape index (κ1) is 8.37. The summed E-state index contributed by atoms with van der Waals surface area (Å²) in [5, 5.41) is 5.87. The van der Waals surface area contributed by atoms with Crippen LogP contribution in [0.2, 0.25) is 0 Å². The normalized spacial score (nSPS) is 22.0. The molecule has 0 aromatic rings. The van der Waals surface area contributed by atoms with Crippen molar-refractivity contribution in [1.82, 2.24) is 10.6 Å². The van der Waals surface area contributed by atoms with Crippen molar-refractivity contribution in [2.45, 2.75) is 6.04 Å². The van der Waals surface area contributed by atoms with E-state index in [1.54, 1.807) is 0 Å². The lowest BCUT2D eigenvalue weighted by Crippen LogP contribution is -2.57. The van der Waals surface area contributed by atoms with Gasteiger partial charge in [-0.15, -0.1) is 0 Å². The number of ether oxygens (including phenoxy) is 2. The third-order valence-electron chi connectivity index (χ3n) is 1.99. The van der Waals surface area contributed by atoms with Gasteiger partial charge in [0, 0.05) is 13.1 Å². The van der Waals surface area contributed by atoms with Gasteiger partial charge in [-0.25, -0.2) is 0 Å². The summed E-state index contributed by atoms with van der Waals surface area (Å²) in [5.41, 5.74) is 0. The van der Waals surface area contributed by atoms with Gasteiger partial charge in [-0.3, -0.25) is 4.79 Å². The fourth-order valence-corrected chi connectivity index (χ4v) is 1.13. The van der Waals surface area contributed by atoms with E-state index >= 15 is 0 Å². The van der Waals surface area contributed by atoms with Crippen LogP contribution in [0.3, 0.4) is 0 Å². The van der Waals surface area contributed by atoms with Gasteiger partial charge in [-0.2, -0.15) is 0 Å². The first-order chi connectivity index (χ1) is 6.36. The summed E-state index contributed by atoms with van der Waals surface area (Å²) in [6.07, 6.45) is 1.37. The van der Waals surface area contributed by atoms with Crippen molar-refractivity contribution in [3.05, 3.63) is 12.0 Å². The molecule has 0 unspecified atom stereocenters. The quantitative estimate of drug-likeness (QED) is 0.575. The summed E-state index contributed by atoms with van der Waals surface area (Å²) >= 11 is 0. The monoisotopic (exact) mass is 184 g/mol. The zero-order valence-corrected chi connectivity index (χ0v) is 7.21. The minimum absolute atomic E-state index is 0.189. The van der Waals surface area contributed by atoms with E-state index in [0.29, 0.717) is 13.2 Å².